The number of rotatable bonds is 4. The average Bonchev–Trinajstić information content (AvgIpc) is 2.15. The van der Waals surface area contributed by atoms with Crippen molar-refractivity contribution in [3.05, 3.63) is 0 Å². The molecule has 0 aliphatic rings. The van der Waals surface area contributed by atoms with Crippen LogP contribution in [0, 0.1) is 0 Å². The molecule has 92 valence electrons. The van der Waals surface area contributed by atoms with Crippen LogP contribution >= 0.6 is 0 Å². The lowest BCUT2D eigenvalue weighted by Crippen LogP contribution is -2.28. The zero-order valence-corrected chi connectivity index (χ0v) is 8.43. The highest BCUT2D eigenvalue weighted by atomic mass is 16.4. The highest BCUT2D eigenvalue weighted by Gasteiger charge is 2.06. The second kappa shape index (κ2) is 10.9. The second-order valence-corrected chi connectivity index (χ2v) is 2.71. The van der Waals surface area contributed by atoms with Crippen LogP contribution in [-0.2, 0) is 9.59 Å². The maximum atomic E-state index is 9.81. The number of carboxylic acids is 2. The third-order valence-corrected chi connectivity index (χ3v) is 1.51. The molecule has 6 heteroatoms. The third-order valence-electron chi connectivity index (χ3n) is 1.51. The number of carbonyl (C=O) groups is 2. The van der Waals surface area contributed by atoms with Crippen molar-refractivity contribution in [2.24, 2.45) is 11.5 Å². The van der Waals surface area contributed by atoms with Crippen LogP contribution in [0.2, 0.25) is 0 Å². The lowest BCUT2D eigenvalue weighted by Gasteiger charge is -1.97. The highest BCUT2D eigenvalue weighted by Crippen LogP contribution is 1.82. The number of hydrogen-bond donors (Lipinski definition) is 4. The number of hydrogen-bond acceptors (Lipinski definition) is 4. The van der Waals surface area contributed by atoms with E-state index in [4.69, 9.17) is 21.7 Å². The average molecular weight is 222 g/mol. The maximum absolute atomic E-state index is 9.81. The molecule has 0 spiro atoms. The molecule has 0 saturated carbocycles. The first-order valence-corrected chi connectivity index (χ1v) is 4.33. The van der Waals surface area contributed by atoms with Gasteiger partial charge in [-0.05, 0) is 12.8 Å². The Morgan fingerprint density at radius 1 is 1.00 bits per heavy atom. The molecule has 0 aromatic rings. The zero-order valence-electron chi connectivity index (χ0n) is 8.43. The van der Waals surface area contributed by atoms with Gasteiger partial charge in [0.1, 0.15) is 12.1 Å². The molecule has 0 fully saturated rings. The van der Waals surface area contributed by atoms with Gasteiger partial charge >= 0.3 is 11.9 Å². The van der Waals surface area contributed by atoms with E-state index in [2.05, 4.69) is 0 Å². The van der Waals surface area contributed by atoms with Crippen LogP contribution in [0.5, 0.6) is 0 Å². The molecule has 0 unspecified atom stereocenters. The van der Waals surface area contributed by atoms with E-state index >= 15 is 0 Å². The van der Waals surface area contributed by atoms with Gasteiger partial charge in [-0.3, -0.25) is 9.59 Å². The molecule has 2 atom stereocenters. The monoisotopic (exact) mass is 222 g/mol. The van der Waals surface area contributed by atoms with Crippen LogP contribution in [-0.4, -0.2) is 34.2 Å². The first-order chi connectivity index (χ1) is 6.36. The van der Waals surface area contributed by atoms with E-state index in [9.17, 15) is 9.59 Å². The molecule has 0 heterocycles. The molecule has 0 aliphatic heterocycles. The molecule has 6 N–H and O–H groups in total. The van der Waals surface area contributed by atoms with Crippen LogP contribution in [0.3, 0.4) is 0 Å². The molecule has 0 amide bonds. The standard InChI is InChI=1S/2C4H9NO2.CH4/c2*1-2-3(5)4(6)7;/h2*3H,2,5H2,1H3,(H,6,7);1H4/t2*3-;/m10./s1. The van der Waals surface area contributed by atoms with Gasteiger partial charge in [-0.2, -0.15) is 0 Å². The van der Waals surface area contributed by atoms with E-state index in [-0.39, 0.29) is 7.43 Å². The first kappa shape index (κ1) is 19.4. The summed E-state index contributed by atoms with van der Waals surface area (Å²) in [4.78, 5) is 19.6. The van der Waals surface area contributed by atoms with Crippen molar-refractivity contribution in [3.8, 4) is 0 Å². The molecule has 0 aromatic carbocycles. The third kappa shape index (κ3) is 12.9. The molecule has 0 radical (unpaired) electrons. The van der Waals surface area contributed by atoms with Gasteiger partial charge in [0, 0.05) is 0 Å². The molecule has 0 aromatic heterocycles. The lowest BCUT2D eigenvalue weighted by molar-refractivity contribution is -0.139. The predicted molar refractivity (Wildman–Crippen MR) is 58.5 cm³/mol. The summed E-state index contributed by atoms with van der Waals surface area (Å²) in [5.41, 5.74) is 10.0. The van der Waals surface area contributed by atoms with Crippen LogP contribution < -0.4 is 11.5 Å². The molecule has 0 saturated heterocycles. The van der Waals surface area contributed by atoms with Crippen molar-refractivity contribution in [1.82, 2.24) is 0 Å². The fourth-order valence-corrected chi connectivity index (χ4v) is 0.349. The van der Waals surface area contributed by atoms with E-state index in [0.29, 0.717) is 12.8 Å². The van der Waals surface area contributed by atoms with E-state index in [1.165, 1.54) is 0 Å². The Morgan fingerprint density at radius 3 is 1.20 bits per heavy atom. The molecular formula is C9H22N2O4. The largest absolute Gasteiger partial charge is 0.480 e. The SMILES string of the molecule is C.CC[C@@H](N)C(=O)O.CC[C@H](N)C(=O)O. The van der Waals surface area contributed by atoms with Crippen LogP contribution in [0.1, 0.15) is 34.1 Å². The Bertz CT molecular complexity index is 165. The molecular weight excluding hydrogens is 200 g/mol. The number of aliphatic carboxylic acids is 2. The summed E-state index contributed by atoms with van der Waals surface area (Å²) in [6, 6.07) is -1.36. The van der Waals surface area contributed by atoms with Gasteiger partial charge in [-0.1, -0.05) is 21.3 Å². The summed E-state index contributed by atoms with van der Waals surface area (Å²) in [5.74, 6) is -1.86. The molecule has 0 rings (SSSR count). The summed E-state index contributed by atoms with van der Waals surface area (Å²) >= 11 is 0. The van der Waals surface area contributed by atoms with E-state index < -0.39 is 24.0 Å². The van der Waals surface area contributed by atoms with Crippen LogP contribution in [0.15, 0.2) is 0 Å². The highest BCUT2D eigenvalue weighted by molar-refractivity contribution is 5.73. The Hall–Kier alpha value is -1.14. The topological polar surface area (TPSA) is 127 Å². The van der Waals surface area contributed by atoms with Crippen molar-refractivity contribution in [1.29, 1.82) is 0 Å². The van der Waals surface area contributed by atoms with Crippen LogP contribution in [0.4, 0.5) is 0 Å². The quantitative estimate of drug-likeness (QED) is 0.540. The van der Waals surface area contributed by atoms with E-state index in [1.54, 1.807) is 13.8 Å². The summed E-state index contributed by atoms with van der Waals surface area (Å²) in [5, 5.41) is 16.1. The number of carboxylic acid groups (broad SMARTS) is 2. The minimum atomic E-state index is -0.928. The molecule has 0 bridgehead atoms. The van der Waals surface area contributed by atoms with E-state index in [1.807, 2.05) is 0 Å². The Balaban J connectivity index is -0.000000180. The molecule has 0 aliphatic carbocycles. The van der Waals surface area contributed by atoms with Gasteiger partial charge in [-0.15, -0.1) is 0 Å². The maximum Gasteiger partial charge on any atom is 0.320 e. The van der Waals surface area contributed by atoms with Crippen molar-refractivity contribution in [3.63, 3.8) is 0 Å². The Kier molecular flexibility index (Phi) is 14.2. The Morgan fingerprint density at radius 2 is 1.20 bits per heavy atom. The second-order valence-electron chi connectivity index (χ2n) is 2.71. The Labute approximate surface area is 90.3 Å². The smallest absolute Gasteiger partial charge is 0.320 e. The summed E-state index contributed by atoms with van der Waals surface area (Å²) in [6.07, 6.45) is 0.991. The van der Waals surface area contributed by atoms with Gasteiger partial charge in [0.25, 0.3) is 0 Å². The molecule has 6 nitrogen and oxygen atoms in total. The van der Waals surface area contributed by atoms with Gasteiger partial charge in [0.2, 0.25) is 0 Å². The summed E-state index contributed by atoms with van der Waals surface area (Å²) in [6.45, 7) is 3.47. The van der Waals surface area contributed by atoms with Crippen LogP contribution in [0.25, 0.3) is 0 Å². The normalized spacial score (nSPS) is 12.5. The van der Waals surface area contributed by atoms with Gasteiger partial charge in [0.15, 0.2) is 0 Å². The zero-order chi connectivity index (χ0) is 11.7. The summed E-state index contributed by atoms with van der Waals surface area (Å²) < 4.78 is 0. The van der Waals surface area contributed by atoms with Gasteiger partial charge in [-0.25, -0.2) is 0 Å². The fraction of sp³-hybridized carbons (Fsp3) is 0.778. The first-order valence-electron chi connectivity index (χ1n) is 4.33. The minimum Gasteiger partial charge on any atom is -0.480 e. The van der Waals surface area contributed by atoms with Crippen molar-refractivity contribution in [2.45, 2.75) is 46.2 Å². The fourth-order valence-electron chi connectivity index (χ4n) is 0.349. The van der Waals surface area contributed by atoms with Gasteiger partial charge < -0.3 is 21.7 Å². The predicted octanol–water partition coefficient (Wildman–Crippen LogP) is 0.253. The van der Waals surface area contributed by atoms with Gasteiger partial charge in [0.05, 0.1) is 0 Å². The van der Waals surface area contributed by atoms with Crippen molar-refractivity contribution < 1.29 is 19.8 Å². The van der Waals surface area contributed by atoms with Crippen molar-refractivity contribution >= 4 is 11.9 Å². The van der Waals surface area contributed by atoms with E-state index in [0.717, 1.165) is 0 Å². The lowest BCUT2D eigenvalue weighted by atomic mass is 10.2. The summed E-state index contributed by atoms with van der Waals surface area (Å²) in [7, 11) is 0. The van der Waals surface area contributed by atoms with Crippen molar-refractivity contribution in [2.75, 3.05) is 0 Å². The molecule has 15 heavy (non-hydrogen) atoms. The number of nitrogens with two attached hydrogens (primary N) is 2. The minimum absolute atomic E-state index is 0.